The largest absolute Gasteiger partial charge is 0.504 e. The van der Waals surface area contributed by atoms with E-state index in [0.29, 0.717) is 27.8 Å². The van der Waals surface area contributed by atoms with Gasteiger partial charge in [0.1, 0.15) is 11.7 Å². The van der Waals surface area contributed by atoms with Crippen LogP contribution in [0.5, 0.6) is 11.5 Å². The van der Waals surface area contributed by atoms with E-state index >= 15 is 0 Å². The van der Waals surface area contributed by atoms with Gasteiger partial charge in [0.15, 0.2) is 11.5 Å². The van der Waals surface area contributed by atoms with Crippen molar-refractivity contribution in [2.45, 2.75) is 6.04 Å². The monoisotopic (exact) mass is 423 g/mol. The van der Waals surface area contributed by atoms with Crippen LogP contribution in [0.4, 0.5) is 11.6 Å². The molecule has 150 valence electrons. The standard InChI is InChI=1S/C19H14ClN7O3/c1-30-13-8-10(4-7-12(13)28)17-14-15(9-2-5-11(20)6-3-9)22-23-18(29)16(14)21-19-24-25-26-27(17)19/h2-8,17,28H,1H3,(H,23,29)(H,21,24,26)/t17-/m1/s1. The molecule has 5 rings (SSSR count). The zero-order valence-electron chi connectivity index (χ0n) is 15.5. The summed E-state index contributed by atoms with van der Waals surface area (Å²) in [5.74, 6) is 0.584. The highest BCUT2D eigenvalue weighted by Crippen LogP contribution is 2.42. The molecule has 0 saturated heterocycles. The van der Waals surface area contributed by atoms with E-state index in [1.807, 2.05) is 12.1 Å². The van der Waals surface area contributed by atoms with Gasteiger partial charge < -0.3 is 15.2 Å². The minimum atomic E-state index is -0.596. The number of H-pyrrole nitrogens is 1. The summed E-state index contributed by atoms with van der Waals surface area (Å²) in [6.45, 7) is 0. The van der Waals surface area contributed by atoms with Crippen LogP contribution in [0.15, 0.2) is 47.3 Å². The molecule has 2 aromatic heterocycles. The number of phenols is 1. The van der Waals surface area contributed by atoms with Gasteiger partial charge in [0, 0.05) is 16.1 Å². The van der Waals surface area contributed by atoms with Gasteiger partial charge in [-0.2, -0.15) is 9.78 Å². The number of tetrazole rings is 1. The second-order valence-electron chi connectivity index (χ2n) is 6.60. The average molecular weight is 424 g/mol. The first-order valence-electron chi connectivity index (χ1n) is 8.87. The first kappa shape index (κ1) is 18.1. The highest BCUT2D eigenvalue weighted by atomic mass is 35.5. The highest BCUT2D eigenvalue weighted by molar-refractivity contribution is 6.30. The van der Waals surface area contributed by atoms with E-state index in [1.54, 1.807) is 28.9 Å². The Balaban J connectivity index is 1.81. The summed E-state index contributed by atoms with van der Waals surface area (Å²) in [4.78, 5) is 12.6. The maximum Gasteiger partial charge on any atom is 0.288 e. The number of rotatable bonds is 3. The Morgan fingerprint density at radius 2 is 2.00 bits per heavy atom. The Kier molecular flexibility index (Phi) is 4.14. The molecule has 4 aromatic rings. The number of nitrogens with zero attached hydrogens (tertiary/aromatic N) is 5. The van der Waals surface area contributed by atoms with E-state index in [1.165, 1.54) is 13.2 Å². The summed E-state index contributed by atoms with van der Waals surface area (Å²) >= 11 is 6.03. The molecule has 1 aliphatic rings. The van der Waals surface area contributed by atoms with Crippen molar-refractivity contribution in [2.75, 3.05) is 12.4 Å². The number of aromatic hydroxyl groups is 1. The van der Waals surface area contributed by atoms with Crippen LogP contribution in [0, 0.1) is 0 Å². The lowest BCUT2D eigenvalue weighted by Gasteiger charge is -2.28. The smallest absolute Gasteiger partial charge is 0.288 e. The summed E-state index contributed by atoms with van der Waals surface area (Å²) < 4.78 is 6.81. The minimum Gasteiger partial charge on any atom is -0.504 e. The molecule has 3 N–H and O–H groups in total. The van der Waals surface area contributed by atoms with Crippen LogP contribution < -0.4 is 15.6 Å². The second kappa shape index (κ2) is 6.85. The first-order chi connectivity index (χ1) is 14.6. The number of ether oxygens (including phenoxy) is 1. The molecule has 0 saturated carbocycles. The molecule has 0 bridgehead atoms. The summed E-state index contributed by atoms with van der Waals surface area (Å²) in [5.41, 5.74) is 2.44. The molecule has 0 fully saturated rings. The maximum atomic E-state index is 12.6. The zero-order valence-corrected chi connectivity index (χ0v) is 16.3. The second-order valence-corrected chi connectivity index (χ2v) is 7.04. The van der Waals surface area contributed by atoms with Crippen molar-refractivity contribution in [1.82, 2.24) is 30.4 Å². The molecule has 10 nitrogen and oxygen atoms in total. The van der Waals surface area contributed by atoms with Gasteiger partial charge in [-0.05, 0) is 40.3 Å². The van der Waals surface area contributed by atoms with Gasteiger partial charge in [-0.3, -0.25) is 4.79 Å². The molecule has 30 heavy (non-hydrogen) atoms. The minimum absolute atomic E-state index is 0.00527. The number of aromatic nitrogens is 6. The Bertz CT molecular complexity index is 1320. The van der Waals surface area contributed by atoms with E-state index < -0.39 is 11.6 Å². The molecule has 1 aliphatic heterocycles. The van der Waals surface area contributed by atoms with Gasteiger partial charge in [0.05, 0.1) is 12.8 Å². The number of hydrogen-bond acceptors (Lipinski definition) is 8. The zero-order chi connectivity index (χ0) is 20.8. The van der Waals surface area contributed by atoms with Crippen molar-refractivity contribution in [1.29, 1.82) is 0 Å². The van der Waals surface area contributed by atoms with Gasteiger partial charge in [-0.1, -0.05) is 34.9 Å². The lowest BCUT2D eigenvalue weighted by Crippen LogP contribution is -2.29. The molecule has 1 atom stereocenters. The topological polar surface area (TPSA) is 131 Å². The number of benzene rings is 2. The molecular formula is C19H14ClN7O3. The van der Waals surface area contributed by atoms with Crippen molar-refractivity contribution in [3.8, 4) is 22.8 Å². The van der Waals surface area contributed by atoms with Crippen LogP contribution in [-0.2, 0) is 0 Å². The number of methoxy groups -OCH3 is 1. The molecule has 0 amide bonds. The van der Waals surface area contributed by atoms with E-state index in [9.17, 15) is 9.90 Å². The molecule has 2 aromatic carbocycles. The number of anilines is 2. The SMILES string of the molecule is COc1cc([C@@H]2c3c(-c4ccc(Cl)cc4)n[nH]c(=O)c3Nc3nnnn32)ccc1O. The van der Waals surface area contributed by atoms with Crippen LogP contribution in [0.3, 0.4) is 0 Å². The van der Waals surface area contributed by atoms with Crippen molar-refractivity contribution in [2.24, 2.45) is 0 Å². The summed E-state index contributed by atoms with van der Waals surface area (Å²) in [7, 11) is 1.46. The first-order valence-corrected chi connectivity index (χ1v) is 9.25. The normalized spacial score (nSPS) is 14.5. The van der Waals surface area contributed by atoms with Crippen molar-refractivity contribution in [3.05, 3.63) is 69.0 Å². The number of nitrogens with one attached hydrogen (secondary N) is 2. The number of hydrogen-bond donors (Lipinski definition) is 3. The lowest BCUT2D eigenvalue weighted by molar-refractivity contribution is 0.372. The third-order valence-corrected chi connectivity index (χ3v) is 5.16. The summed E-state index contributed by atoms with van der Waals surface area (Å²) in [6, 6.07) is 11.4. The Morgan fingerprint density at radius 3 is 2.77 bits per heavy atom. The Labute approximate surface area is 174 Å². The van der Waals surface area contributed by atoms with E-state index in [-0.39, 0.29) is 17.2 Å². The van der Waals surface area contributed by atoms with Crippen LogP contribution in [0.25, 0.3) is 11.3 Å². The third kappa shape index (κ3) is 2.77. The molecule has 0 spiro atoms. The van der Waals surface area contributed by atoms with Crippen molar-refractivity contribution >= 4 is 23.2 Å². The fourth-order valence-corrected chi connectivity index (χ4v) is 3.66. The predicted octanol–water partition coefficient (Wildman–Crippen LogP) is 2.49. The molecular weight excluding hydrogens is 410 g/mol. The number of phenolic OH excluding ortho intramolecular Hbond substituents is 1. The van der Waals surface area contributed by atoms with Crippen molar-refractivity contribution < 1.29 is 9.84 Å². The molecule has 11 heteroatoms. The number of aromatic amines is 1. The maximum absolute atomic E-state index is 12.6. The predicted molar refractivity (Wildman–Crippen MR) is 108 cm³/mol. The van der Waals surface area contributed by atoms with E-state index in [0.717, 1.165) is 5.56 Å². The van der Waals surface area contributed by atoms with Crippen LogP contribution in [0.2, 0.25) is 5.02 Å². The van der Waals surface area contributed by atoms with Crippen molar-refractivity contribution in [3.63, 3.8) is 0 Å². The summed E-state index contributed by atoms with van der Waals surface area (Å²) in [5, 5.41) is 32.2. The molecule has 0 aliphatic carbocycles. The van der Waals surface area contributed by atoms with E-state index in [2.05, 4.69) is 31.0 Å². The van der Waals surface area contributed by atoms with E-state index in [4.69, 9.17) is 16.3 Å². The number of fused-ring (bicyclic) bond motifs is 2. The molecule has 0 radical (unpaired) electrons. The Hall–Kier alpha value is -3.92. The van der Waals surface area contributed by atoms with Gasteiger partial charge >= 0.3 is 0 Å². The highest BCUT2D eigenvalue weighted by Gasteiger charge is 2.34. The lowest BCUT2D eigenvalue weighted by atomic mass is 9.92. The van der Waals surface area contributed by atoms with Crippen LogP contribution >= 0.6 is 11.6 Å². The summed E-state index contributed by atoms with van der Waals surface area (Å²) in [6.07, 6.45) is 0. The average Bonchev–Trinajstić information content (AvgIpc) is 3.22. The third-order valence-electron chi connectivity index (χ3n) is 4.91. The molecule has 0 unspecified atom stereocenters. The fourth-order valence-electron chi connectivity index (χ4n) is 3.54. The van der Waals surface area contributed by atoms with Crippen LogP contribution in [-0.4, -0.2) is 42.6 Å². The van der Waals surface area contributed by atoms with Gasteiger partial charge in [-0.15, -0.1) is 0 Å². The number of halogens is 1. The molecule has 3 heterocycles. The van der Waals surface area contributed by atoms with Gasteiger partial charge in [-0.25, -0.2) is 5.10 Å². The van der Waals surface area contributed by atoms with Gasteiger partial charge in [0.25, 0.3) is 5.56 Å². The quantitative estimate of drug-likeness (QED) is 0.403. The fraction of sp³-hybridized carbons (Fsp3) is 0.105. The Morgan fingerprint density at radius 1 is 1.20 bits per heavy atom. The van der Waals surface area contributed by atoms with Crippen LogP contribution in [0.1, 0.15) is 17.2 Å². The van der Waals surface area contributed by atoms with Gasteiger partial charge in [0.2, 0.25) is 5.95 Å².